The fourth-order valence-corrected chi connectivity index (χ4v) is 5.02. The number of rotatable bonds is 15. The van der Waals surface area contributed by atoms with E-state index in [0.29, 0.717) is 38.1 Å². The Labute approximate surface area is 241 Å². The highest BCUT2D eigenvalue weighted by molar-refractivity contribution is 5.83. The van der Waals surface area contributed by atoms with Gasteiger partial charge in [-0.25, -0.2) is 0 Å². The summed E-state index contributed by atoms with van der Waals surface area (Å²) in [6.07, 6.45) is 2.20. The normalized spacial score (nSPS) is 13.1. The van der Waals surface area contributed by atoms with E-state index in [1.807, 2.05) is 11.0 Å². The number of hydrogen-bond donors (Lipinski definition) is 2. The van der Waals surface area contributed by atoms with Crippen LogP contribution < -0.4 is 0 Å². The highest BCUT2D eigenvalue weighted by atomic mass is 16.5. The Morgan fingerprint density at radius 2 is 1.65 bits per heavy atom. The van der Waals surface area contributed by atoms with Crippen molar-refractivity contribution in [2.24, 2.45) is 11.8 Å². The number of ether oxygens (including phenoxy) is 1. The molecule has 2 aromatic carbocycles. The van der Waals surface area contributed by atoms with E-state index in [-0.39, 0.29) is 24.5 Å². The molecule has 0 aliphatic carbocycles. The summed E-state index contributed by atoms with van der Waals surface area (Å²) in [5.41, 5.74) is 4.82. The number of carbonyl (C=O) groups excluding carboxylic acids is 1. The summed E-state index contributed by atoms with van der Waals surface area (Å²) in [5.74, 6) is 0.876. The standard InChI is InChI=1S/C34H51N3O3/c1-25(2)19-36(21-30(38)24-40-23-26(3)4)22-33(39)37(20-27-12-14-29(15-13-27)34(5,6)7)17-16-28-18-35-32-11-9-8-10-31(28)32/h8-15,18,25-26,30,35,38H,16-17,19-24H2,1-7H3/t30-/m0/s1. The molecule has 0 aliphatic rings. The lowest BCUT2D eigenvalue weighted by atomic mass is 9.87. The molecule has 40 heavy (non-hydrogen) atoms. The fourth-order valence-electron chi connectivity index (χ4n) is 5.02. The summed E-state index contributed by atoms with van der Waals surface area (Å²) in [6.45, 7) is 18.6. The smallest absolute Gasteiger partial charge is 0.237 e. The third-order valence-corrected chi connectivity index (χ3v) is 7.08. The van der Waals surface area contributed by atoms with Crippen LogP contribution in [0.5, 0.6) is 0 Å². The maximum Gasteiger partial charge on any atom is 0.237 e. The van der Waals surface area contributed by atoms with Gasteiger partial charge >= 0.3 is 0 Å². The molecular weight excluding hydrogens is 498 g/mol. The van der Waals surface area contributed by atoms with E-state index in [4.69, 9.17) is 4.74 Å². The van der Waals surface area contributed by atoms with Crippen LogP contribution in [0.2, 0.25) is 0 Å². The predicted octanol–water partition coefficient (Wildman–Crippen LogP) is 6.03. The summed E-state index contributed by atoms with van der Waals surface area (Å²) in [4.78, 5) is 21.3. The van der Waals surface area contributed by atoms with Gasteiger partial charge in [0.1, 0.15) is 0 Å². The number of nitrogens with one attached hydrogen (secondary N) is 1. The van der Waals surface area contributed by atoms with E-state index >= 15 is 0 Å². The van der Waals surface area contributed by atoms with Gasteiger partial charge in [-0.3, -0.25) is 9.69 Å². The van der Waals surface area contributed by atoms with Crippen LogP contribution in [0.15, 0.2) is 54.7 Å². The van der Waals surface area contributed by atoms with Crippen LogP contribution in [0.3, 0.4) is 0 Å². The summed E-state index contributed by atoms with van der Waals surface area (Å²) >= 11 is 0. The van der Waals surface area contributed by atoms with Crippen molar-refractivity contribution in [3.63, 3.8) is 0 Å². The molecule has 1 atom stereocenters. The van der Waals surface area contributed by atoms with Crippen LogP contribution in [0.4, 0.5) is 0 Å². The average Bonchev–Trinajstić information content (AvgIpc) is 3.28. The minimum Gasteiger partial charge on any atom is -0.389 e. The quantitative estimate of drug-likeness (QED) is 0.243. The van der Waals surface area contributed by atoms with Crippen LogP contribution in [-0.2, 0) is 27.9 Å². The molecule has 0 spiro atoms. The van der Waals surface area contributed by atoms with Gasteiger partial charge in [0, 0.05) is 49.9 Å². The van der Waals surface area contributed by atoms with E-state index < -0.39 is 6.10 Å². The number of fused-ring (bicyclic) bond motifs is 1. The van der Waals surface area contributed by atoms with Crippen molar-refractivity contribution in [1.82, 2.24) is 14.8 Å². The van der Waals surface area contributed by atoms with Crippen molar-refractivity contribution in [3.05, 3.63) is 71.4 Å². The average molecular weight is 550 g/mol. The van der Waals surface area contributed by atoms with Gasteiger partial charge in [-0.15, -0.1) is 0 Å². The van der Waals surface area contributed by atoms with Gasteiger partial charge in [0.05, 0.1) is 19.3 Å². The molecule has 6 heteroatoms. The van der Waals surface area contributed by atoms with E-state index in [2.05, 4.69) is 107 Å². The number of carbonyl (C=O) groups is 1. The van der Waals surface area contributed by atoms with Crippen molar-refractivity contribution in [2.45, 2.75) is 73.0 Å². The van der Waals surface area contributed by atoms with Crippen molar-refractivity contribution < 1.29 is 14.6 Å². The molecule has 2 N–H and O–H groups in total. The van der Waals surface area contributed by atoms with Crippen molar-refractivity contribution in [3.8, 4) is 0 Å². The number of H-pyrrole nitrogens is 1. The molecule has 1 aromatic heterocycles. The first-order valence-electron chi connectivity index (χ1n) is 14.8. The van der Waals surface area contributed by atoms with E-state index in [9.17, 15) is 9.90 Å². The van der Waals surface area contributed by atoms with Crippen LogP contribution >= 0.6 is 0 Å². The molecule has 0 saturated heterocycles. The molecule has 0 saturated carbocycles. The van der Waals surface area contributed by atoms with Gasteiger partial charge in [0.25, 0.3) is 0 Å². The predicted molar refractivity (Wildman–Crippen MR) is 166 cm³/mol. The molecule has 0 aliphatic heterocycles. The maximum absolute atomic E-state index is 13.8. The highest BCUT2D eigenvalue weighted by Crippen LogP contribution is 2.23. The molecule has 1 amide bonds. The lowest BCUT2D eigenvalue weighted by Crippen LogP contribution is -2.45. The fraction of sp³-hybridized carbons (Fsp3) is 0.559. The summed E-state index contributed by atoms with van der Waals surface area (Å²) in [7, 11) is 0. The minimum atomic E-state index is -0.630. The monoisotopic (exact) mass is 549 g/mol. The highest BCUT2D eigenvalue weighted by Gasteiger charge is 2.22. The van der Waals surface area contributed by atoms with E-state index in [1.165, 1.54) is 16.5 Å². The first-order valence-corrected chi connectivity index (χ1v) is 14.8. The second-order valence-corrected chi connectivity index (χ2v) is 13.0. The van der Waals surface area contributed by atoms with Gasteiger partial charge in [-0.1, -0.05) is 90.9 Å². The topological polar surface area (TPSA) is 68.8 Å². The van der Waals surface area contributed by atoms with Crippen LogP contribution in [0, 0.1) is 11.8 Å². The molecule has 0 bridgehead atoms. The Bertz CT molecular complexity index is 1180. The Morgan fingerprint density at radius 3 is 2.30 bits per heavy atom. The minimum absolute atomic E-state index is 0.0793. The van der Waals surface area contributed by atoms with Crippen LogP contribution in [-0.4, -0.2) is 71.3 Å². The summed E-state index contributed by atoms with van der Waals surface area (Å²) < 4.78 is 5.67. The van der Waals surface area contributed by atoms with Gasteiger partial charge in [0.2, 0.25) is 5.91 Å². The molecule has 1 heterocycles. The first kappa shape index (κ1) is 31.9. The number of amides is 1. The Hall–Kier alpha value is -2.67. The summed E-state index contributed by atoms with van der Waals surface area (Å²) in [5, 5.41) is 11.9. The number of hydrogen-bond acceptors (Lipinski definition) is 4. The molecular formula is C34H51N3O3. The molecule has 0 radical (unpaired) electrons. The molecule has 3 rings (SSSR count). The Morgan fingerprint density at radius 1 is 0.950 bits per heavy atom. The third-order valence-electron chi connectivity index (χ3n) is 7.08. The number of aliphatic hydroxyl groups is 1. The van der Waals surface area contributed by atoms with Crippen molar-refractivity contribution in [2.75, 3.05) is 39.4 Å². The second kappa shape index (κ2) is 14.8. The number of para-hydroxylation sites is 1. The van der Waals surface area contributed by atoms with Crippen molar-refractivity contribution in [1.29, 1.82) is 0 Å². The number of benzene rings is 2. The second-order valence-electron chi connectivity index (χ2n) is 13.0. The van der Waals surface area contributed by atoms with Gasteiger partial charge in [0.15, 0.2) is 0 Å². The van der Waals surface area contributed by atoms with Gasteiger partial charge in [-0.2, -0.15) is 0 Å². The SMILES string of the molecule is CC(C)COC[C@@H](O)CN(CC(=O)N(CCc1c[nH]c2ccccc12)Cc1ccc(C(C)(C)C)cc1)CC(C)C. The lowest BCUT2D eigenvalue weighted by Gasteiger charge is -2.30. The number of aromatic amines is 1. The first-order chi connectivity index (χ1) is 18.9. The number of aromatic nitrogens is 1. The maximum atomic E-state index is 13.8. The molecule has 6 nitrogen and oxygen atoms in total. The number of aliphatic hydroxyl groups excluding tert-OH is 1. The zero-order chi connectivity index (χ0) is 29.3. The lowest BCUT2D eigenvalue weighted by molar-refractivity contribution is -0.133. The third kappa shape index (κ3) is 10.1. The van der Waals surface area contributed by atoms with Crippen molar-refractivity contribution >= 4 is 16.8 Å². The Balaban J connectivity index is 1.74. The zero-order valence-corrected chi connectivity index (χ0v) is 25.7. The number of nitrogens with zero attached hydrogens (tertiary/aromatic N) is 2. The van der Waals surface area contributed by atoms with E-state index in [0.717, 1.165) is 24.0 Å². The molecule has 0 fully saturated rings. The zero-order valence-electron chi connectivity index (χ0n) is 25.7. The molecule has 220 valence electrons. The van der Waals surface area contributed by atoms with Crippen LogP contribution in [0.1, 0.15) is 65.2 Å². The molecule has 3 aromatic rings. The van der Waals surface area contributed by atoms with Gasteiger partial charge < -0.3 is 19.7 Å². The Kier molecular flexibility index (Phi) is 11.8. The van der Waals surface area contributed by atoms with Crippen LogP contribution in [0.25, 0.3) is 10.9 Å². The van der Waals surface area contributed by atoms with E-state index in [1.54, 1.807) is 0 Å². The van der Waals surface area contributed by atoms with Gasteiger partial charge in [-0.05, 0) is 46.4 Å². The summed E-state index contributed by atoms with van der Waals surface area (Å²) in [6, 6.07) is 16.9. The molecule has 0 unspecified atom stereocenters. The largest absolute Gasteiger partial charge is 0.389 e.